The molecule has 108 valence electrons. The van der Waals surface area contributed by atoms with Crippen LogP contribution in [0.15, 0.2) is 0 Å². The Morgan fingerprint density at radius 3 is 2.78 bits per heavy atom. The summed E-state index contributed by atoms with van der Waals surface area (Å²) >= 11 is 0. The molecule has 0 bridgehead atoms. The fraction of sp³-hybridized carbons (Fsp3) is 1.00. The van der Waals surface area contributed by atoms with Crippen molar-refractivity contribution in [1.29, 1.82) is 0 Å². The molecule has 2 fully saturated rings. The van der Waals surface area contributed by atoms with E-state index in [0.29, 0.717) is 12.5 Å². The molecule has 0 aromatic carbocycles. The Kier molecular flexibility index (Phi) is 6.34. The molecule has 0 aliphatic carbocycles. The minimum Gasteiger partial charge on any atom is -0.377 e. The molecule has 2 rings (SSSR count). The lowest BCUT2D eigenvalue weighted by Gasteiger charge is -2.30. The van der Waals surface area contributed by atoms with Gasteiger partial charge in [0.15, 0.2) is 0 Å². The van der Waals surface area contributed by atoms with Gasteiger partial charge in [0.05, 0.1) is 11.9 Å². The van der Waals surface area contributed by atoms with Crippen LogP contribution in [0.4, 0.5) is 0 Å². The molecular formula is C11H23ClN2O3S. The quantitative estimate of drug-likeness (QED) is 0.793. The van der Waals surface area contributed by atoms with E-state index in [1.165, 1.54) is 0 Å². The summed E-state index contributed by atoms with van der Waals surface area (Å²) in [6.45, 7) is 4.54. The largest absolute Gasteiger partial charge is 0.377 e. The number of ether oxygens (including phenoxy) is 1. The van der Waals surface area contributed by atoms with Crippen LogP contribution in [-0.2, 0) is 14.8 Å². The van der Waals surface area contributed by atoms with E-state index in [9.17, 15) is 8.42 Å². The van der Waals surface area contributed by atoms with Gasteiger partial charge < -0.3 is 10.1 Å². The van der Waals surface area contributed by atoms with Gasteiger partial charge >= 0.3 is 0 Å². The molecule has 3 unspecified atom stereocenters. The van der Waals surface area contributed by atoms with Crippen LogP contribution in [0.3, 0.4) is 0 Å². The van der Waals surface area contributed by atoms with Crippen LogP contribution in [0.5, 0.6) is 0 Å². The van der Waals surface area contributed by atoms with Gasteiger partial charge in [0.2, 0.25) is 10.0 Å². The molecule has 2 aliphatic rings. The Bertz CT molecular complexity index is 344. The Morgan fingerprint density at radius 1 is 1.39 bits per heavy atom. The number of nitrogens with one attached hydrogen (secondary N) is 2. The zero-order valence-electron chi connectivity index (χ0n) is 10.7. The predicted octanol–water partition coefficient (Wildman–Crippen LogP) is 0.505. The molecule has 0 aromatic rings. The van der Waals surface area contributed by atoms with Gasteiger partial charge in [-0.1, -0.05) is 6.92 Å². The zero-order valence-corrected chi connectivity index (χ0v) is 12.4. The van der Waals surface area contributed by atoms with Gasteiger partial charge in [-0.25, -0.2) is 13.1 Å². The molecule has 3 atom stereocenters. The Balaban J connectivity index is 0.00000162. The van der Waals surface area contributed by atoms with Crippen molar-refractivity contribution in [1.82, 2.24) is 10.0 Å². The maximum Gasteiger partial charge on any atom is 0.214 e. The van der Waals surface area contributed by atoms with Crippen LogP contribution < -0.4 is 10.0 Å². The first kappa shape index (κ1) is 16.2. The highest BCUT2D eigenvalue weighted by molar-refractivity contribution is 7.89. The number of hydrogen-bond acceptors (Lipinski definition) is 4. The van der Waals surface area contributed by atoms with Crippen LogP contribution in [0.1, 0.15) is 26.2 Å². The summed E-state index contributed by atoms with van der Waals surface area (Å²) in [7, 11) is -3.20. The highest BCUT2D eigenvalue weighted by atomic mass is 35.5. The highest BCUT2D eigenvalue weighted by Crippen LogP contribution is 2.16. The second kappa shape index (κ2) is 7.05. The van der Waals surface area contributed by atoms with Crippen molar-refractivity contribution in [3.8, 4) is 0 Å². The normalized spacial score (nSPS) is 33.1. The highest BCUT2D eigenvalue weighted by Gasteiger charge is 2.28. The van der Waals surface area contributed by atoms with E-state index < -0.39 is 10.0 Å². The summed E-state index contributed by atoms with van der Waals surface area (Å²) in [5, 5.41) is 3.26. The van der Waals surface area contributed by atoms with Gasteiger partial charge in [0.1, 0.15) is 0 Å². The van der Waals surface area contributed by atoms with Crippen molar-refractivity contribution in [2.24, 2.45) is 5.92 Å². The summed E-state index contributed by atoms with van der Waals surface area (Å²) in [6.07, 6.45) is 2.60. The Morgan fingerprint density at radius 2 is 2.17 bits per heavy atom. The number of sulfonamides is 1. The number of hydrogen-bond donors (Lipinski definition) is 2. The molecule has 18 heavy (non-hydrogen) atoms. The SMILES string of the molecule is CC1CNCCC1NS(=O)(=O)CC1CCCO1.Cl. The second-order valence-corrected chi connectivity index (χ2v) is 6.91. The number of rotatable bonds is 4. The van der Waals surface area contributed by atoms with Crippen LogP contribution in [-0.4, -0.2) is 46.0 Å². The van der Waals surface area contributed by atoms with Crippen molar-refractivity contribution < 1.29 is 13.2 Å². The van der Waals surface area contributed by atoms with Crippen LogP contribution in [0.2, 0.25) is 0 Å². The summed E-state index contributed by atoms with van der Waals surface area (Å²) in [5.74, 6) is 0.465. The molecule has 5 nitrogen and oxygen atoms in total. The summed E-state index contributed by atoms with van der Waals surface area (Å²) in [5.41, 5.74) is 0. The van der Waals surface area contributed by atoms with Gasteiger partial charge in [-0.15, -0.1) is 12.4 Å². The maximum absolute atomic E-state index is 12.0. The molecule has 0 spiro atoms. The van der Waals surface area contributed by atoms with Crippen molar-refractivity contribution in [3.05, 3.63) is 0 Å². The van der Waals surface area contributed by atoms with Gasteiger partial charge in [-0.05, 0) is 38.3 Å². The topological polar surface area (TPSA) is 67.4 Å². The molecular weight excluding hydrogens is 276 g/mol. The third-order valence-corrected chi connectivity index (χ3v) is 5.02. The number of halogens is 1. The van der Waals surface area contributed by atoms with E-state index >= 15 is 0 Å². The van der Waals surface area contributed by atoms with Gasteiger partial charge in [-0.3, -0.25) is 0 Å². The zero-order chi connectivity index (χ0) is 12.3. The maximum atomic E-state index is 12.0. The molecule has 2 N–H and O–H groups in total. The van der Waals surface area contributed by atoms with E-state index in [4.69, 9.17) is 4.74 Å². The summed E-state index contributed by atoms with van der Waals surface area (Å²) < 4.78 is 32.2. The lowest BCUT2D eigenvalue weighted by molar-refractivity contribution is 0.127. The molecule has 2 heterocycles. The molecule has 7 heteroatoms. The van der Waals surface area contributed by atoms with Crippen LogP contribution in [0.25, 0.3) is 0 Å². The average molecular weight is 299 g/mol. The molecule has 0 amide bonds. The molecule has 2 saturated heterocycles. The standard InChI is InChI=1S/C11H22N2O3S.ClH/c1-9-7-12-5-4-11(9)13-17(14,15)8-10-3-2-6-16-10;/h9-13H,2-8H2,1H3;1H. The third kappa shape index (κ3) is 4.66. The first-order valence-electron chi connectivity index (χ1n) is 6.39. The van der Waals surface area contributed by atoms with Crippen LogP contribution >= 0.6 is 12.4 Å². The predicted molar refractivity (Wildman–Crippen MR) is 73.6 cm³/mol. The van der Waals surface area contributed by atoms with Crippen LogP contribution in [0, 0.1) is 5.92 Å². The van der Waals surface area contributed by atoms with Crippen molar-refractivity contribution >= 4 is 22.4 Å². The van der Waals surface area contributed by atoms with Gasteiger partial charge in [0, 0.05) is 12.6 Å². The lowest BCUT2D eigenvalue weighted by Crippen LogP contribution is -2.49. The van der Waals surface area contributed by atoms with Crippen molar-refractivity contribution in [2.45, 2.75) is 38.3 Å². The Hall–Kier alpha value is 0.120. The minimum atomic E-state index is -3.20. The molecule has 0 radical (unpaired) electrons. The van der Waals surface area contributed by atoms with Gasteiger partial charge in [-0.2, -0.15) is 0 Å². The monoisotopic (exact) mass is 298 g/mol. The van der Waals surface area contributed by atoms with E-state index in [-0.39, 0.29) is 30.3 Å². The minimum absolute atomic E-state index is 0. The van der Waals surface area contributed by atoms with Crippen molar-refractivity contribution in [3.63, 3.8) is 0 Å². The molecule has 0 saturated carbocycles. The fourth-order valence-electron chi connectivity index (χ4n) is 2.49. The molecule has 2 aliphatic heterocycles. The fourth-order valence-corrected chi connectivity index (χ4v) is 4.15. The van der Waals surface area contributed by atoms with Crippen molar-refractivity contribution in [2.75, 3.05) is 25.4 Å². The molecule has 0 aromatic heterocycles. The second-order valence-electron chi connectivity index (χ2n) is 5.11. The third-order valence-electron chi connectivity index (χ3n) is 3.55. The number of piperidine rings is 1. The van der Waals surface area contributed by atoms with E-state index in [1.807, 2.05) is 0 Å². The van der Waals surface area contributed by atoms with E-state index in [2.05, 4.69) is 17.0 Å². The smallest absolute Gasteiger partial charge is 0.214 e. The van der Waals surface area contributed by atoms with E-state index in [1.54, 1.807) is 0 Å². The summed E-state index contributed by atoms with van der Waals surface area (Å²) in [6, 6.07) is 0.0719. The average Bonchev–Trinajstić information content (AvgIpc) is 2.73. The van der Waals surface area contributed by atoms with E-state index in [0.717, 1.165) is 32.4 Å². The first-order valence-corrected chi connectivity index (χ1v) is 8.04. The first-order chi connectivity index (χ1) is 8.07. The summed E-state index contributed by atoms with van der Waals surface area (Å²) in [4.78, 5) is 0. The lowest BCUT2D eigenvalue weighted by atomic mass is 9.97. The van der Waals surface area contributed by atoms with Gasteiger partial charge in [0.25, 0.3) is 0 Å². The Labute approximate surface area is 116 Å².